The van der Waals surface area contributed by atoms with Crippen molar-refractivity contribution in [3.05, 3.63) is 117 Å². The van der Waals surface area contributed by atoms with E-state index in [-0.39, 0.29) is 5.04 Å². The number of aryl methyl sites for hydroxylation is 3. The second-order valence-electron chi connectivity index (χ2n) is 9.54. The molecule has 0 N–H and O–H groups in total. The van der Waals surface area contributed by atoms with Gasteiger partial charge in [-0.05, 0) is 75.8 Å². The van der Waals surface area contributed by atoms with E-state index in [1.54, 1.807) is 16.3 Å². The first-order valence-electron chi connectivity index (χ1n) is 11.4. The molecule has 0 aromatic heterocycles. The summed E-state index contributed by atoms with van der Waals surface area (Å²) in [7, 11) is -0.659. The normalized spacial score (nSPS) is 19.2. The highest BCUT2D eigenvalue weighted by Crippen LogP contribution is 2.58. The molecule has 1 unspecified atom stereocenters. The largest absolute Gasteiger partial charge is 0.0718 e. The zero-order chi connectivity index (χ0) is 22.2. The van der Waals surface area contributed by atoms with E-state index in [1.807, 2.05) is 0 Å². The van der Waals surface area contributed by atoms with Crippen LogP contribution in [-0.4, -0.2) is 9.52 Å². The molecule has 1 atom stereocenters. The van der Waals surface area contributed by atoms with Crippen molar-refractivity contribution in [2.75, 3.05) is 0 Å². The van der Waals surface area contributed by atoms with Crippen LogP contribution in [0.2, 0.25) is 5.04 Å². The third-order valence-electron chi connectivity index (χ3n) is 7.13. The molecule has 31 heavy (non-hydrogen) atoms. The van der Waals surface area contributed by atoms with Gasteiger partial charge in [0, 0.05) is 5.04 Å². The summed E-state index contributed by atoms with van der Waals surface area (Å²) in [6, 6.07) is 27.4. The smallest absolute Gasteiger partial charge is 0.0650 e. The van der Waals surface area contributed by atoms with Crippen molar-refractivity contribution in [2.45, 2.75) is 53.0 Å². The fourth-order valence-electron chi connectivity index (χ4n) is 5.67. The second-order valence-corrected chi connectivity index (χ2v) is 11.9. The van der Waals surface area contributed by atoms with E-state index in [2.05, 4.69) is 114 Å². The van der Waals surface area contributed by atoms with Gasteiger partial charge < -0.3 is 0 Å². The van der Waals surface area contributed by atoms with Crippen molar-refractivity contribution < 1.29 is 0 Å². The van der Waals surface area contributed by atoms with Crippen LogP contribution in [0.5, 0.6) is 0 Å². The molecule has 3 aromatic carbocycles. The molecule has 0 amide bonds. The van der Waals surface area contributed by atoms with Crippen LogP contribution in [-0.2, 0) is 6.42 Å². The minimum absolute atomic E-state index is 0.101. The fourth-order valence-corrected chi connectivity index (χ4v) is 8.80. The molecular formula is C30H34Si. The van der Waals surface area contributed by atoms with Gasteiger partial charge in [0.1, 0.15) is 0 Å². The highest BCUT2D eigenvalue weighted by Gasteiger charge is 2.43. The Morgan fingerprint density at radius 3 is 1.97 bits per heavy atom. The van der Waals surface area contributed by atoms with Gasteiger partial charge in [0.15, 0.2) is 0 Å². The summed E-state index contributed by atoms with van der Waals surface area (Å²) >= 11 is 0. The van der Waals surface area contributed by atoms with Crippen LogP contribution >= 0.6 is 0 Å². The quantitative estimate of drug-likeness (QED) is 0.405. The maximum Gasteiger partial charge on any atom is 0.0718 e. The summed E-state index contributed by atoms with van der Waals surface area (Å²) in [6.45, 7) is 13.8. The Labute approximate surface area is 190 Å². The third-order valence-corrected chi connectivity index (χ3v) is 9.69. The summed E-state index contributed by atoms with van der Waals surface area (Å²) in [6.07, 6.45) is 1.08. The van der Waals surface area contributed by atoms with Crippen molar-refractivity contribution in [2.24, 2.45) is 0 Å². The molecule has 0 radical (unpaired) electrons. The van der Waals surface area contributed by atoms with E-state index in [1.165, 1.54) is 39.0 Å². The van der Waals surface area contributed by atoms with Gasteiger partial charge in [-0.1, -0.05) is 100 Å². The van der Waals surface area contributed by atoms with Crippen LogP contribution in [0.25, 0.3) is 5.57 Å². The van der Waals surface area contributed by atoms with Crippen molar-refractivity contribution in [3.8, 4) is 0 Å². The molecule has 1 heteroatoms. The zero-order valence-electron chi connectivity index (χ0n) is 19.8. The zero-order valence-corrected chi connectivity index (χ0v) is 21.3. The average Bonchev–Trinajstić information content (AvgIpc) is 2.89. The minimum Gasteiger partial charge on any atom is -0.0650 e. The van der Waals surface area contributed by atoms with Gasteiger partial charge in [-0.15, -0.1) is 0 Å². The molecule has 0 spiro atoms. The van der Waals surface area contributed by atoms with Crippen LogP contribution in [0.3, 0.4) is 0 Å². The van der Waals surface area contributed by atoms with Crippen LogP contribution in [0.4, 0.5) is 0 Å². The first-order valence-corrected chi connectivity index (χ1v) is 12.8. The van der Waals surface area contributed by atoms with E-state index >= 15 is 0 Å². The van der Waals surface area contributed by atoms with Crippen molar-refractivity contribution in [3.63, 3.8) is 0 Å². The number of hydrogen-bond acceptors (Lipinski definition) is 0. The number of allylic oxidation sites excluding steroid dienone is 4. The van der Waals surface area contributed by atoms with Gasteiger partial charge in [0.25, 0.3) is 0 Å². The Morgan fingerprint density at radius 1 is 0.645 bits per heavy atom. The average molecular weight is 423 g/mol. The molecule has 1 aliphatic rings. The van der Waals surface area contributed by atoms with Gasteiger partial charge in [-0.3, -0.25) is 0 Å². The molecule has 1 aliphatic carbocycles. The van der Waals surface area contributed by atoms with E-state index in [4.69, 9.17) is 0 Å². The first-order chi connectivity index (χ1) is 14.8. The molecule has 0 heterocycles. The molecule has 3 aromatic rings. The monoisotopic (exact) mass is 422 g/mol. The van der Waals surface area contributed by atoms with Crippen molar-refractivity contribution in [1.82, 2.24) is 0 Å². The standard InChI is InChI=1S/C30H34Si/c1-20-11-10-12-26(16-20)19-30(31-28-17-21(2)15-22(3)18-28)25(6)23(4)24(5)29(30)27-13-8-7-9-14-27/h7-18H,19,31H2,1-6H3. The first kappa shape index (κ1) is 21.6. The van der Waals surface area contributed by atoms with Crippen LogP contribution in [0.1, 0.15) is 48.6 Å². The molecule has 0 bridgehead atoms. The lowest BCUT2D eigenvalue weighted by Gasteiger charge is -2.36. The summed E-state index contributed by atoms with van der Waals surface area (Å²) < 4.78 is 0. The predicted octanol–water partition coefficient (Wildman–Crippen LogP) is 6.63. The summed E-state index contributed by atoms with van der Waals surface area (Å²) in [5.41, 5.74) is 13.1. The Bertz CT molecular complexity index is 1160. The number of benzene rings is 3. The SMILES string of the molecule is CC1=C(C)C(Cc2cccc(C)c2)([SiH2]c2cc(C)cc(C)c2)C(c2ccccc2)=C1C. The molecule has 0 fully saturated rings. The molecular weight excluding hydrogens is 388 g/mol. The summed E-state index contributed by atoms with van der Waals surface area (Å²) in [5.74, 6) is 0. The summed E-state index contributed by atoms with van der Waals surface area (Å²) in [4.78, 5) is 0. The Morgan fingerprint density at radius 2 is 1.32 bits per heavy atom. The van der Waals surface area contributed by atoms with Gasteiger partial charge in [-0.25, -0.2) is 0 Å². The molecule has 0 nitrogen and oxygen atoms in total. The fraction of sp³-hybridized carbons (Fsp3) is 0.267. The number of hydrogen-bond donors (Lipinski definition) is 0. The van der Waals surface area contributed by atoms with E-state index in [0.717, 1.165) is 6.42 Å². The molecule has 4 rings (SSSR count). The van der Waals surface area contributed by atoms with Gasteiger partial charge in [-0.2, -0.15) is 0 Å². The molecule has 0 saturated heterocycles. The highest BCUT2D eigenvalue weighted by atomic mass is 28.2. The predicted molar refractivity (Wildman–Crippen MR) is 139 cm³/mol. The lowest BCUT2D eigenvalue weighted by molar-refractivity contribution is 0.796. The van der Waals surface area contributed by atoms with E-state index in [9.17, 15) is 0 Å². The van der Waals surface area contributed by atoms with Crippen LogP contribution in [0.15, 0.2) is 89.5 Å². The van der Waals surface area contributed by atoms with Crippen LogP contribution in [0, 0.1) is 20.8 Å². The topological polar surface area (TPSA) is 0 Å². The summed E-state index contributed by atoms with van der Waals surface area (Å²) in [5, 5.41) is 1.67. The van der Waals surface area contributed by atoms with Crippen molar-refractivity contribution >= 4 is 20.3 Å². The minimum atomic E-state index is -0.659. The maximum atomic E-state index is 2.44. The lowest BCUT2D eigenvalue weighted by atomic mass is 9.83. The highest BCUT2D eigenvalue weighted by molar-refractivity contribution is 6.61. The lowest BCUT2D eigenvalue weighted by Crippen LogP contribution is -2.33. The van der Waals surface area contributed by atoms with E-state index < -0.39 is 9.52 Å². The van der Waals surface area contributed by atoms with Crippen LogP contribution < -0.4 is 5.19 Å². The van der Waals surface area contributed by atoms with Gasteiger partial charge >= 0.3 is 0 Å². The van der Waals surface area contributed by atoms with Crippen molar-refractivity contribution in [1.29, 1.82) is 0 Å². The Balaban J connectivity index is 1.94. The molecule has 0 saturated carbocycles. The van der Waals surface area contributed by atoms with Gasteiger partial charge in [0.2, 0.25) is 0 Å². The van der Waals surface area contributed by atoms with E-state index in [0.29, 0.717) is 0 Å². The number of rotatable bonds is 5. The van der Waals surface area contributed by atoms with Gasteiger partial charge in [0.05, 0.1) is 9.52 Å². The third kappa shape index (κ3) is 4.12. The Hall–Kier alpha value is -2.64. The maximum absolute atomic E-state index is 2.44. The molecule has 158 valence electrons. The second kappa shape index (κ2) is 8.47. The Kier molecular flexibility index (Phi) is 5.90. The molecule has 0 aliphatic heterocycles.